The van der Waals surface area contributed by atoms with Gasteiger partial charge < -0.3 is 25.0 Å². The lowest BCUT2D eigenvalue weighted by Crippen LogP contribution is -2.34. The van der Waals surface area contributed by atoms with Gasteiger partial charge in [-0.2, -0.15) is 11.8 Å². The summed E-state index contributed by atoms with van der Waals surface area (Å²) in [7, 11) is 5.59. The average molecular weight is 315 g/mol. The topological polar surface area (TPSA) is 87.3 Å². The number of nitrogens with one attached hydrogen (secondary N) is 1. The van der Waals surface area contributed by atoms with Gasteiger partial charge in [-0.05, 0) is 26.2 Å². The van der Waals surface area contributed by atoms with Gasteiger partial charge in [0.15, 0.2) is 0 Å². The molecule has 21 heavy (non-hydrogen) atoms. The molecule has 1 aromatic rings. The molecule has 0 saturated heterocycles. The molecule has 1 rings (SSSR count). The minimum atomic E-state index is -0.146. The third kappa shape index (κ3) is 8.08. The molecule has 0 aliphatic heterocycles. The van der Waals surface area contributed by atoms with E-state index in [4.69, 9.17) is 9.62 Å². The largest absolute Gasteiger partial charge is 0.762 e. The first kappa shape index (κ1) is 18.0. The van der Waals surface area contributed by atoms with Crippen molar-refractivity contribution in [1.29, 1.82) is 0 Å². The van der Waals surface area contributed by atoms with E-state index in [9.17, 15) is 5.21 Å². The molecule has 0 amide bonds. The number of furan rings is 1. The Morgan fingerprint density at radius 1 is 1.43 bits per heavy atom. The van der Waals surface area contributed by atoms with Crippen LogP contribution in [0.4, 0.5) is 0 Å². The van der Waals surface area contributed by atoms with Crippen LogP contribution in [0.2, 0.25) is 0 Å². The first-order chi connectivity index (χ1) is 10.0. The molecule has 0 bridgehead atoms. The summed E-state index contributed by atoms with van der Waals surface area (Å²) < 4.78 is 5.71. The molecule has 0 atom stereocenters. The Morgan fingerprint density at radius 2 is 2.14 bits per heavy atom. The Morgan fingerprint density at radius 3 is 2.76 bits per heavy atom. The summed E-state index contributed by atoms with van der Waals surface area (Å²) in [6.45, 7) is 1.33. The first-order valence-corrected chi connectivity index (χ1v) is 7.80. The van der Waals surface area contributed by atoms with Gasteiger partial charge in [-0.15, -0.1) is 0 Å². The maximum atomic E-state index is 10.5. The molecule has 0 radical (unpaired) electrons. The van der Waals surface area contributed by atoms with Crippen molar-refractivity contribution in [3.8, 4) is 0 Å². The van der Waals surface area contributed by atoms with Crippen LogP contribution in [0.15, 0.2) is 21.5 Å². The van der Waals surface area contributed by atoms with Gasteiger partial charge in [0.1, 0.15) is 17.4 Å². The van der Waals surface area contributed by atoms with Gasteiger partial charge in [-0.1, -0.05) is 0 Å². The highest BCUT2D eigenvalue weighted by Crippen LogP contribution is 2.15. The van der Waals surface area contributed by atoms with E-state index >= 15 is 0 Å². The fourth-order valence-corrected chi connectivity index (χ4v) is 2.42. The summed E-state index contributed by atoms with van der Waals surface area (Å²) in [6, 6.07) is 4.00. The fourth-order valence-electron chi connectivity index (χ4n) is 1.67. The summed E-state index contributed by atoms with van der Waals surface area (Å²) in [5.41, 5.74) is 0. The van der Waals surface area contributed by atoms with Gasteiger partial charge in [0.25, 0.3) is 0 Å². The highest BCUT2D eigenvalue weighted by atomic mass is 32.2. The van der Waals surface area contributed by atoms with Crippen LogP contribution in [0.1, 0.15) is 11.5 Å². The smallest absolute Gasteiger partial charge is 0.118 e. The molecule has 2 N–H and O–H groups in total. The summed E-state index contributed by atoms with van der Waals surface area (Å²) in [5.74, 6) is 4.06. The lowest BCUT2D eigenvalue weighted by Gasteiger charge is -2.20. The van der Waals surface area contributed by atoms with Crippen molar-refractivity contribution >= 4 is 17.6 Å². The molecule has 120 valence electrons. The van der Waals surface area contributed by atoms with E-state index in [-0.39, 0.29) is 11.8 Å². The molecule has 7 nitrogen and oxygen atoms in total. The number of hydrogen-bond donors (Lipinski definition) is 2. The maximum absolute atomic E-state index is 10.5. The lowest BCUT2D eigenvalue weighted by molar-refractivity contribution is -0.0252. The van der Waals surface area contributed by atoms with Crippen LogP contribution in [0.3, 0.4) is 0 Å². The first-order valence-electron chi connectivity index (χ1n) is 6.64. The second kappa shape index (κ2) is 9.80. The molecule has 0 unspecified atom stereocenters. The molecular formula is C13H23N4O3S-. The van der Waals surface area contributed by atoms with Crippen molar-refractivity contribution in [3.05, 3.63) is 28.9 Å². The zero-order chi connectivity index (χ0) is 15.7. The van der Waals surface area contributed by atoms with Gasteiger partial charge in [-0.3, -0.25) is 10.2 Å². The van der Waals surface area contributed by atoms with Crippen molar-refractivity contribution < 1.29 is 9.62 Å². The van der Waals surface area contributed by atoms with Crippen LogP contribution in [0, 0.1) is 5.21 Å². The number of amidine groups is 1. The van der Waals surface area contributed by atoms with Crippen molar-refractivity contribution in [2.45, 2.75) is 12.3 Å². The third-order valence-electron chi connectivity index (χ3n) is 2.56. The van der Waals surface area contributed by atoms with Gasteiger partial charge in [-0.25, -0.2) is 0 Å². The molecule has 0 aliphatic rings. The predicted octanol–water partition coefficient (Wildman–Crippen LogP) is 1.38. The predicted molar refractivity (Wildman–Crippen MR) is 85.5 cm³/mol. The van der Waals surface area contributed by atoms with E-state index in [1.54, 1.807) is 18.8 Å². The fraction of sp³-hybridized carbons (Fsp3) is 0.615. The minimum Gasteiger partial charge on any atom is -0.762 e. The SMILES string of the molecule is CN=C(CN([O-])O)NCCSCc1ccc(CN(C)C)o1. The van der Waals surface area contributed by atoms with Crippen molar-refractivity contribution in [3.63, 3.8) is 0 Å². The number of aliphatic imine (C=N–C) groups is 1. The number of hydrogen-bond acceptors (Lipinski definition) is 7. The van der Waals surface area contributed by atoms with Crippen LogP contribution >= 0.6 is 11.8 Å². The highest BCUT2D eigenvalue weighted by Gasteiger charge is 2.03. The highest BCUT2D eigenvalue weighted by molar-refractivity contribution is 7.98. The number of nitrogens with zero attached hydrogens (tertiary/aromatic N) is 3. The Bertz CT molecular complexity index is 435. The molecule has 0 saturated carbocycles. The molecule has 0 fully saturated rings. The summed E-state index contributed by atoms with van der Waals surface area (Å²) in [6.07, 6.45) is 0. The van der Waals surface area contributed by atoms with Gasteiger partial charge in [0.05, 0.1) is 18.8 Å². The van der Waals surface area contributed by atoms with Crippen LogP contribution in [0.5, 0.6) is 0 Å². The second-order valence-electron chi connectivity index (χ2n) is 4.77. The van der Waals surface area contributed by atoms with Crippen LogP contribution in [-0.2, 0) is 12.3 Å². The van der Waals surface area contributed by atoms with Gasteiger partial charge in [0, 0.05) is 19.3 Å². The molecular weight excluding hydrogens is 292 g/mol. The molecule has 8 heteroatoms. The van der Waals surface area contributed by atoms with Crippen molar-refractivity contribution in [1.82, 2.24) is 15.4 Å². The van der Waals surface area contributed by atoms with Crippen LogP contribution < -0.4 is 5.32 Å². The molecule has 0 aromatic carbocycles. The van der Waals surface area contributed by atoms with Crippen molar-refractivity contribution in [2.24, 2.45) is 4.99 Å². The third-order valence-corrected chi connectivity index (χ3v) is 3.55. The second-order valence-corrected chi connectivity index (χ2v) is 5.87. The Balaban J connectivity index is 2.18. The number of hydroxylamine groups is 2. The van der Waals surface area contributed by atoms with E-state index in [0.717, 1.165) is 29.6 Å². The zero-order valence-electron chi connectivity index (χ0n) is 12.7. The molecule has 0 spiro atoms. The van der Waals surface area contributed by atoms with Crippen molar-refractivity contribution in [2.75, 3.05) is 40.0 Å². The Hall–Kier alpha value is -1.06. The number of thioether (sulfide) groups is 1. The molecule has 0 aliphatic carbocycles. The van der Waals surface area contributed by atoms with Crippen LogP contribution in [0.25, 0.3) is 0 Å². The Kier molecular flexibility index (Phi) is 8.40. The minimum absolute atomic E-state index is 0.141. The normalized spacial score (nSPS) is 12.4. The van der Waals surface area contributed by atoms with Gasteiger partial charge in [0.2, 0.25) is 0 Å². The van der Waals surface area contributed by atoms with E-state index in [1.165, 1.54) is 0 Å². The number of rotatable bonds is 9. The van der Waals surface area contributed by atoms with E-state index in [2.05, 4.69) is 15.2 Å². The van der Waals surface area contributed by atoms with E-state index in [1.807, 2.05) is 26.2 Å². The average Bonchev–Trinajstić information content (AvgIpc) is 2.83. The van der Waals surface area contributed by atoms with Gasteiger partial charge >= 0.3 is 0 Å². The maximum Gasteiger partial charge on any atom is 0.118 e. The van der Waals surface area contributed by atoms with E-state index in [0.29, 0.717) is 12.4 Å². The lowest BCUT2D eigenvalue weighted by atomic mass is 10.4. The monoisotopic (exact) mass is 315 g/mol. The quantitative estimate of drug-likeness (QED) is 0.308. The Labute approximate surface area is 129 Å². The summed E-state index contributed by atoms with van der Waals surface area (Å²) in [5, 5.41) is 22.0. The standard InChI is InChI=1S/C13H23N4O3S/c1-14-13(9-17(18)19)15-6-7-21-10-12-5-4-11(20-12)8-16(2)3/h4-5,18H,6-10H2,1-3H3,(H,14,15)/q-1. The van der Waals surface area contributed by atoms with E-state index < -0.39 is 0 Å². The molecule has 1 aromatic heterocycles. The summed E-state index contributed by atoms with van der Waals surface area (Å²) in [4.78, 5) is 5.95. The molecule has 1 heterocycles. The zero-order valence-corrected chi connectivity index (χ0v) is 13.5. The van der Waals surface area contributed by atoms with Crippen LogP contribution in [-0.4, -0.2) is 61.2 Å². The summed E-state index contributed by atoms with van der Waals surface area (Å²) >= 11 is 1.73.